The van der Waals surface area contributed by atoms with E-state index in [2.05, 4.69) is 6.07 Å². The molecule has 0 saturated carbocycles. The van der Waals surface area contributed by atoms with Gasteiger partial charge in [-0.25, -0.2) is 0 Å². The third-order valence-corrected chi connectivity index (χ3v) is 4.94. The van der Waals surface area contributed by atoms with Crippen LogP contribution in [0.5, 0.6) is 11.5 Å². The highest BCUT2D eigenvalue weighted by atomic mass is 127. The van der Waals surface area contributed by atoms with Gasteiger partial charge >= 0.3 is 0 Å². The second-order valence-electron chi connectivity index (χ2n) is 5.86. The van der Waals surface area contributed by atoms with Gasteiger partial charge in [0.1, 0.15) is 22.7 Å². The lowest BCUT2D eigenvalue weighted by atomic mass is 10.0. The highest BCUT2D eigenvalue weighted by Crippen LogP contribution is 2.40. The summed E-state index contributed by atoms with van der Waals surface area (Å²) in [6, 6.07) is 19.5. The number of phenolic OH excluding ortho intramolecular Hbond substituents is 1. The molecule has 0 saturated heterocycles. The minimum Gasteiger partial charge on any atom is -0.508 e. The van der Waals surface area contributed by atoms with Crippen LogP contribution in [0.25, 0.3) is 43.5 Å². The maximum absolute atomic E-state index is 9.70. The molecule has 0 aliphatic carbocycles. The van der Waals surface area contributed by atoms with Gasteiger partial charge in [0.15, 0.2) is 23.0 Å². The molecule has 0 aliphatic rings. The Morgan fingerprint density at radius 3 is 2.46 bits per heavy atom. The summed E-state index contributed by atoms with van der Waals surface area (Å²) < 4.78 is 11.7. The molecular weight excluding hydrogens is 415 g/mol. The first kappa shape index (κ1) is 13.9. The van der Waals surface area contributed by atoms with Crippen LogP contribution in [0.2, 0.25) is 0 Å². The molecule has 24 heavy (non-hydrogen) atoms. The first-order chi connectivity index (χ1) is 11.7. The summed E-state index contributed by atoms with van der Waals surface area (Å²) in [7, 11) is 0. The summed E-state index contributed by atoms with van der Waals surface area (Å²) in [5.41, 5.74) is 1.66. The average molecular weight is 426 g/mol. The van der Waals surface area contributed by atoms with Crippen molar-refractivity contribution in [2.75, 3.05) is 0 Å². The Morgan fingerprint density at radius 1 is 0.792 bits per heavy atom. The van der Waals surface area contributed by atoms with E-state index in [1.165, 1.54) is 0 Å². The van der Waals surface area contributed by atoms with Gasteiger partial charge in [-0.2, -0.15) is 0 Å². The fraction of sp³-hybridized carbons (Fsp3) is 0. The van der Waals surface area contributed by atoms with Gasteiger partial charge in [0.25, 0.3) is 0 Å². The van der Waals surface area contributed by atoms with Gasteiger partial charge in [-0.15, -0.1) is 0 Å². The van der Waals surface area contributed by atoms with E-state index in [-0.39, 0.29) is 5.75 Å². The number of hydrogen-bond acceptors (Lipinski definition) is 3. The fourth-order valence-electron chi connectivity index (χ4n) is 3.36. The highest BCUT2D eigenvalue weighted by Gasteiger charge is 2.15. The zero-order chi connectivity index (χ0) is 16.3. The molecule has 0 bridgehead atoms. The van der Waals surface area contributed by atoms with Crippen molar-refractivity contribution in [1.82, 2.24) is 0 Å². The fourth-order valence-corrected chi connectivity index (χ4v) is 3.72. The lowest BCUT2D eigenvalue weighted by molar-refractivity contribution is 0.476. The van der Waals surface area contributed by atoms with Crippen molar-refractivity contribution in [2.45, 2.75) is 0 Å². The Morgan fingerprint density at radius 2 is 1.62 bits per heavy atom. The molecule has 4 aromatic carbocycles. The molecule has 1 heterocycles. The van der Waals surface area contributed by atoms with Crippen molar-refractivity contribution in [3.05, 3.63) is 60.7 Å². The van der Waals surface area contributed by atoms with Gasteiger partial charge in [0.05, 0.1) is 0 Å². The van der Waals surface area contributed by atoms with E-state index in [4.69, 9.17) is 7.48 Å². The Kier molecular flexibility index (Phi) is 2.91. The number of rotatable bonds is 1. The maximum atomic E-state index is 9.70. The monoisotopic (exact) mass is 426 g/mol. The van der Waals surface area contributed by atoms with Crippen LogP contribution in [0.1, 0.15) is 0 Å². The predicted octanol–water partition coefficient (Wildman–Crippen LogP) is 6.33. The van der Waals surface area contributed by atoms with Crippen molar-refractivity contribution < 1.29 is 12.6 Å². The molecule has 0 aliphatic heterocycles. The zero-order valence-corrected chi connectivity index (χ0v) is 14.6. The topological polar surface area (TPSA) is 42.6 Å². The van der Waals surface area contributed by atoms with Crippen LogP contribution in [-0.2, 0) is 0 Å². The smallest absolute Gasteiger partial charge is 0.192 e. The van der Waals surface area contributed by atoms with Crippen LogP contribution in [0, 0.1) is 0 Å². The summed E-state index contributed by atoms with van der Waals surface area (Å²) in [6.07, 6.45) is 0. The van der Waals surface area contributed by atoms with Crippen LogP contribution in [0.4, 0.5) is 0 Å². The van der Waals surface area contributed by atoms with Gasteiger partial charge in [-0.05, 0) is 41.1 Å². The lowest BCUT2D eigenvalue weighted by Gasteiger charge is -2.04. The number of phenols is 1. The van der Waals surface area contributed by atoms with Crippen LogP contribution in [0.3, 0.4) is 0 Å². The van der Waals surface area contributed by atoms with E-state index in [0.717, 1.165) is 49.2 Å². The maximum Gasteiger partial charge on any atom is 0.192 e. The molecule has 0 unspecified atom stereocenters. The van der Waals surface area contributed by atoms with E-state index in [0.29, 0.717) is 0 Å². The largest absolute Gasteiger partial charge is 0.508 e. The first-order valence-electron chi connectivity index (χ1n) is 7.54. The van der Waals surface area contributed by atoms with Gasteiger partial charge in [-0.1, -0.05) is 30.3 Å². The Bertz CT molecular complexity index is 1250. The van der Waals surface area contributed by atoms with Gasteiger partial charge in [-0.3, -0.25) is 0 Å². The van der Waals surface area contributed by atoms with Crippen molar-refractivity contribution in [3.63, 3.8) is 0 Å². The quantitative estimate of drug-likeness (QED) is 0.319. The molecule has 1 N–H and O–H groups in total. The van der Waals surface area contributed by atoms with E-state index in [1.54, 1.807) is 12.1 Å². The predicted molar refractivity (Wildman–Crippen MR) is 105 cm³/mol. The third kappa shape index (κ3) is 1.89. The number of hydrogen-bond donors (Lipinski definition) is 1. The average Bonchev–Trinajstić information content (AvgIpc) is 2.96. The van der Waals surface area contributed by atoms with Crippen molar-refractivity contribution in [1.29, 1.82) is 0 Å². The summed E-state index contributed by atoms with van der Waals surface area (Å²) in [5, 5.41) is 15.9. The normalized spacial score (nSPS) is 11.7. The van der Waals surface area contributed by atoms with Crippen LogP contribution in [-0.4, -0.2) is 5.11 Å². The second-order valence-corrected chi connectivity index (χ2v) is 6.30. The highest BCUT2D eigenvalue weighted by molar-refractivity contribution is 14.1. The first-order valence-corrected chi connectivity index (χ1v) is 8.42. The van der Waals surface area contributed by atoms with E-state index in [1.807, 2.05) is 65.5 Å². The molecule has 0 amide bonds. The molecule has 1 aromatic heterocycles. The minimum atomic E-state index is 0.254. The second kappa shape index (κ2) is 5.01. The molecule has 4 heteroatoms. The molecule has 0 fully saturated rings. The van der Waals surface area contributed by atoms with E-state index >= 15 is 0 Å². The van der Waals surface area contributed by atoms with Crippen LogP contribution < -0.4 is 3.07 Å². The summed E-state index contributed by atoms with van der Waals surface area (Å²) >= 11 is 1.92. The number of halogens is 1. The molecule has 3 nitrogen and oxygen atoms in total. The standard InChI is InChI=1S/C20H11IO3/c21-24-19-10-17-16-8-11-5-6-13(22)7-12(11)9-18(16)23-20(17)15-4-2-1-3-14(15)19/h1-10,22H. The van der Waals surface area contributed by atoms with Crippen molar-refractivity contribution in [2.24, 2.45) is 0 Å². The Balaban J connectivity index is 2.00. The minimum absolute atomic E-state index is 0.254. The summed E-state index contributed by atoms with van der Waals surface area (Å²) in [5.74, 6) is 1.08. The molecule has 5 rings (SSSR count). The van der Waals surface area contributed by atoms with Crippen molar-refractivity contribution in [3.8, 4) is 11.5 Å². The number of aromatic hydroxyl groups is 1. The number of fused-ring (bicyclic) bond motifs is 6. The van der Waals surface area contributed by atoms with Gasteiger partial charge in [0.2, 0.25) is 0 Å². The Hall–Kier alpha value is -2.47. The molecular formula is C20H11IO3. The van der Waals surface area contributed by atoms with Gasteiger partial charge in [0, 0.05) is 21.5 Å². The summed E-state index contributed by atoms with van der Waals surface area (Å²) in [6.45, 7) is 0. The molecule has 0 radical (unpaired) electrons. The van der Waals surface area contributed by atoms with Crippen LogP contribution >= 0.6 is 23.0 Å². The molecule has 5 aromatic rings. The van der Waals surface area contributed by atoms with Gasteiger partial charge < -0.3 is 12.6 Å². The molecule has 0 spiro atoms. The van der Waals surface area contributed by atoms with E-state index in [9.17, 15) is 5.11 Å². The molecule has 0 atom stereocenters. The molecule has 116 valence electrons. The summed E-state index contributed by atoms with van der Waals surface area (Å²) in [4.78, 5) is 0. The Labute approximate surface area is 151 Å². The lowest BCUT2D eigenvalue weighted by Crippen LogP contribution is -1.80. The number of benzene rings is 4. The third-order valence-electron chi connectivity index (χ3n) is 4.46. The van der Waals surface area contributed by atoms with Crippen molar-refractivity contribution >= 4 is 66.5 Å². The number of furan rings is 1. The van der Waals surface area contributed by atoms with E-state index < -0.39 is 0 Å². The SMILES string of the molecule is Oc1ccc2cc3c(cc2c1)oc1c2ccccc2c(OI)cc31. The van der Waals surface area contributed by atoms with Crippen LogP contribution in [0.15, 0.2) is 65.1 Å². The zero-order valence-electron chi connectivity index (χ0n) is 12.4.